The van der Waals surface area contributed by atoms with Crippen LogP contribution in [0.4, 0.5) is 9.18 Å². The van der Waals surface area contributed by atoms with Crippen LogP contribution in [-0.2, 0) is 4.74 Å². The molecule has 3 rings (SSSR count). The van der Waals surface area contributed by atoms with Crippen molar-refractivity contribution in [1.82, 2.24) is 14.7 Å². The van der Waals surface area contributed by atoms with Crippen molar-refractivity contribution in [3.8, 4) is 0 Å². The summed E-state index contributed by atoms with van der Waals surface area (Å²) in [5.41, 5.74) is 0.533. The van der Waals surface area contributed by atoms with Crippen LogP contribution in [-0.4, -0.2) is 84.9 Å². The maximum atomic E-state index is 13.4. The fraction of sp³-hybridized carbons (Fsp3) is 0.708. The monoisotopic (exact) mass is 487 g/mol. The summed E-state index contributed by atoms with van der Waals surface area (Å²) in [5, 5.41) is 1.05. The van der Waals surface area contributed by atoms with Crippen LogP contribution in [0.5, 0.6) is 0 Å². The molecule has 0 bridgehead atoms. The average molecular weight is 488 g/mol. The highest BCUT2D eigenvalue weighted by Gasteiger charge is 2.34. The number of carbonyl (C=O) groups is 1. The molecular formula is C24H36Cl2FN3O2. The molecule has 0 saturated carbocycles. The van der Waals surface area contributed by atoms with Gasteiger partial charge in [-0.3, -0.25) is 4.90 Å². The Hall–Kier alpha value is -1.08. The molecule has 2 fully saturated rings. The molecule has 2 aliphatic rings. The number of ether oxygens (including phenoxy) is 1. The molecule has 1 aromatic rings. The van der Waals surface area contributed by atoms with Crippen molar-refractivity contribution in [2.45, 2.75) is 63.8 Å². The van der Waals surface area contributed by atoms with Gasteiger partial charge < -0.3 is 14.5 Å². The van der Waals surface area contributed by atoms with Crippen LogP contribution in [0.3, 0.4) is 0 Å². The van der Waals surface area contributed by atoms with Gasteiger partial charge in [-0.25, -0.2) is 9.18 Å². The molecular weight excluding hydrogens is 452 g/mol. The van der Waals surface area contributed by atoms with Gasteiger partial charge in [0.25, 0.3) is 0 Å². The first-order chi connectivity index (χ1) is 15.0. The lowest BCUT2D eigenvalue weighted by Crippen LogP contribution is -2.61. The van der Waals surface area contributed by atoms with E-state index >= 15 is 0 Å². The number of halogens is 3. The molecule has 2 aliphatic heterocycles. The number of carbonyl (C=O) groups excluding carboxylic acids is 1. The number of rotatable bonds is 7. The molecule has 0 unspecified atom stereocenters. The number of alkyl halides is 1. The van der Waals surface area contributed by atoms with Gasteiger partial charge in [0.15, 0.2) is 0 Å². The third-order valence-corrected chi connectivity index (χ3v) is 7.06. The Bertz CT molecular complexity index is 775. The van der Waals surface area contributed by atoms with E-state index in [4.69, 9.17) is 27.9 Å². The zero-order valence-corrected chi connectivity index (χ0v) is 21.1. The van der Waals surface area contributed by atoms with Crippen LogP contribution >= 0.6 is 23.2 Å². The predicted molar refractivity (Wildman–Crippen MR) is 129 cm³/mol. The van der Waals surface area contributed by atoms with E-state index in [-0.39, 0.29) is 12.0 Å². The van der Waals surface area contributed by atoms with E-state index in [9.17, 15) is 9.18 Å². The number of amides is 1. The highest BCUT2D eigenvalue weighted by molar-refractivity contribution is 6.42. The second-order valence-electron chi connectivity index (χ2n) is 10.1. The molecule has 0 spiro atoms. The zero-order chi connectivity index (χ0) is 23.5. The second-order valence-corrected chi connectivity index (χ2v) is 11.0. The molecule has 2 heterocycles. The van der Waals surface area contributed by atoms with E-state index in [1.165, 1.54) is 0 Å². The molecule has 1 atom stereocenters. The van der Waals surface area contributed by atoms with E-state index in [0.29, 0.717) is 35.5 Å². The van der Waals surface area contributed by atoms with E-state index in [0.717, 1.165) is 44.7 Å². The third-order valence-electron chi connectivity index (χ3n) is 6.32. The SMILES string of the molecule is CN(C[C@@H](CCN1CC(N2CCC(F)CC2)C1)c1ccc(Cl)c(Cl)c1)C(=O)OC(C)(C)C. The molecule has 32 heavy (non-hydrogen) atoms. The molecule has 0 radical (unpaired) electrons. The van der Waals surface area contributed by atoms with Gasteiger partial charge in [0.05, 0.1) is 10.0 Å². The Labute approximate surface area is 201 Å². The van der Waals surface area contributed by atoms with E-state index < -0.39 is 11.8 Å². The minimum Gasteiger partial charge on any atom is -0.444 e. The van der Waals surface area contributed by atoms with Crippen molar-refractivity contribution < 1.29 is 13.9 Å². The Morgan fingerprint density at radius 1 is 1.22 bits per heavy atom. The minimum atomic E-state index is -0.628. The van der Waals surface area contributed by atoms with Crippen LogP contribution in [0.2, 0.25) is 10.0 Å². The number of piperidine rings is 1. The van der Waals surface area contributed by atoms with Crippen LogP contribution in [0, 0.1) is 0 Å². The highest BCUT2D eigenvalue weighted by atomic mass is 35.5. The standard InChI is InChI=1S/C24H36Cl2FN3O2/c1-24(2,3)32-23(31)28(4)14-18(17-5-6-21(25)22(26)13-17)7-10-29-15-20(16-29)30-11-8-19(27)9-12-30/h5-6,13,18-20H,7-12,14-16H2,1-4H3/t18-/m1/s1. The molecule has 1 aromatic carbocycles. The summed E-state index contributed by atoms with van der Waals surface area (Å²) >= 11 is 12.4. The fourth-order valence-electron chi connectivity index (χ4n) is 4.40. The number of hydrogen-bond donors (Lipinski definition) is 0. The molecule has 0 aliphatic carbocycles. The lowest BCUT2D eigenvalue weighted by Gasteiger charge is -2.47. The van der Waals surface area contributed by atoms with Crippen molar-refractivity contribution in [1.29, 1.82) is 0 Å². The molecule has 0 N–H and O–H groups in total. The third kappa shape index (κ3) is 7.21. The van der Waals surface area contributed by atoms with Crippen molar-refractivity contribution in [2.24, 2.45) is 0 Å². The quantitative estimate of drug-likeness (QED) is 0.511. The normalized spacial score (nSPS) is 20.1. The van der Waals surface area contributed by atoms with Crippen LogP contribution in [0.1, 0.15) is 51.5 Å². The highest BCUT2D eigenvalue weighted by Crippen LogP contribution is 2.30. The van der Waals surface area contributed by atoms with Gasteiger partial charge in [-0.15, -0.1) is 0 Å². The van der Waals surface area contributed by atoms with Crippen molar-refractivity contribution >= 4 is 29.3 Å². The molecule has 0 aromatic heterocycles. The predicted octanol–water partition coefficient (Wildman–Crippen LogP) is 5.45. The van der Waals surface area contributed by atoms with Crippen molar-refractivity contribution in [3.05, 3.63) is 33.8 Å². The largest absolute Gasteiger partial charge is 0.444 e. The first-order valence-electron chi connectivity index (χ1n) is 11.5. The maximum absolute atomic E-state index is 13.4. The molecule has 8 heteroatoms. The van der Waals surface area contributed by atoms with Crippen LogP contribution < -0.4 is 0 Å². The van der Waals surface area contributed by atoms with E-state index in [2.05, 4.69) is 9.80 Å². The van der Waals surface area contributed by atoms with Crippen LogP contribution in [0.25, 0.3) is 0 Å². The molecule has 1 amide bonds. The van der Waals surface area contributed by atoms with Gasteiger partial charge in [-0.2, -0.15) is 0 Å². The van der Waals surface area contributed by atoms with Gasteiger partial charge in [0, 0.05) is 51.7 Å². The molecule has 2 saturated heterocycles. The first kappa shape index (κ1) is 25.5. The molecule has 5 nitrogen and oxygen atoms in total. The summed E-state index contributed by atoms with van der Waals surface area (Å²) in [5.74, 6) is 0.114. The smallest absolute Gasteiger partial charge is 0.410 e. The Balaban J connectivity index is 1.57. The summed E-state index contributed by atoms with van der Waals surface area (Å²) in [6, 6.07) is 6.24. The average Bonchev–Trinajstić information content (AvgIpc) is 2.67. The van der Waals surface area contributed by atoms with Crippen molar-refractivity contribution in [2.75, 3.05) is 46.3 Å². The fourth-order valence-corrected chi connectivity index (χ4v) is 4.71. The summed E-state index contributed by atoms with van der Waals surface area (Å²) in [4.78, 5) is 19.0. The summed E-state index contributed by atoms with van der Waals surface area (Å²) in [6.07, 6.45) is 1.25. The Kier molecular flexibility index (Phi) is 8.70. The number of likely N-dealkylation sites (N-methyl/N-ethyl adjacent to an activating group) is 1. The Morgan fingerprint density at radius 2 is 1.88 bits per heavy atom. The van der Waals surface area contributed by atoms with E-state index in [1.807, 2.05) is 39.0 Å². The van der Waals surface area contributed by atoms with Gasteiger partial charge in [-0.05, 0) is 64.3 Å². The lowest BCUT2D eigenvalue weighted by atomic mass is 9.93. The lowest BCUT2D eigenvalue weighted by molar-refractivity contribution is 0.00798. The zero-order valence-electron chi connectivity index (χ0n) is 19.6. The first-order valence-corrected chi connectivity index (χ1v) is 12.3. The van der Waals surface area contributed by atoms with Gasteiger partial charge in [-0.1, -0.05) is 29.3 Å². The number of nitrogens with zero attached hydrogens (tertiary/aromatic N) is 3. The second kappa shape index (κ2) is 10.9. The van der Waals surface area contributed by atoms with Crippen molar-refractivity contribution in [3.63, 3.8) is 0 Å². The topological polar surface area (TPSA) is 36.0 Å². The maximum Gasteiger partial charge on any atom is 0.410 e. The van der Waals surface area contributed by atoms with E-state index in [1.54, 1.807) is 11.9 Å². The van der Waals surface area contributed by atoms with Crippen LogP contribution in [0.15, 0.2) is 18.2 Å². The number of benzene rings is 1. The van der Waals surface area contributed by atoms with Gasteiger partial charge in [0.2, 0.25) is 0 Å². The summed E-state index contributed by atoms with van der Waals surface area (Å²) in [6.45, 7) is 10.8. The molecule has 180 valence electrons. The summed E-state index contributed by atoms with van der Waals surface area (Å²) in [7, 11) is 1.77. The number of hydrogen-bond acceptors (Lipinski definition) is 4. The van der Waals surface area contributed by atoms with Gasteiger partial charge >= 0.3 is 6.09 Å². The van der Waals surface area contributed by atoms with Gasteiger partial charge in [0.1, 0.15) is 11.8 Å². The Morgan fingerprint density at radius 3 is 2.47 bits per heavy atom. The summed E-state index contributed by atoms with van der Waals surface area (Å²) < 4.78 is 18.9. The minimum absolute atomic E-state index is 0.114. The number of likely N-dealkylation sites (tertiary alicyclic amines) is 2.